The summed E-state index contributed by atoms with van der Waals surface area (Å²) in [6.45, 7) is 18.6. The first-order chi connectivity index (χ1) is 9.73. The molecule has 3 nitrogen and oxygen atoms in total. The summed E-state index contributed by atoms with van der Waals surface area (Å²) in [5, 5.41) is 3.61. The highest BCUT2D eigenvalue weighted by Gasteiger charge is 2.21. The second-order valence-corrected chi connectivity index (χ2v) is 7.18. The average molecular weight is 291 g/mol. The van der Waals surface area contributed by atoms with E-state index in [-0.39, 0.29) is 5.54 Å². The molecule has 0 fully saturated rings. The Kier molecular flexibility index (Phi) is 6.82. The van der Waals surface area contributed by atoms with Crippen LogP contribution in [-0.2, 0) is 6.54 Å². The molecule has 0 saturated heterocycles. The topological polar surface area (TPSA) is 28.2 Å². The molecule has 2 atom stereocenters. The SMILES string of the molecule is CCN(Cc1cccc(C)n1)C(C)C(C)CNC(C)(C)C. The lowest BCUT2D eigenvalue weighted by molar-refractivity contribution is 0.153. The first kappa shape index (κ1) is 18.1. The van der Waals surface area contributed by atoms with Crippen LogP contribution in [0.5, 0.6) is 0 Å². The van der Waals surface area contributed by atoms with Gasteiger partial charge in [-0.05, 0) is 65.8 Å². The minimum Gasteiger partial charge on any atom is -0.312 e. The van der Waals surface area contributed by atoms with Gasteiger partial charge in [0.15, 0.2) is 0 Å². The Bertz CT molecular complexity index is 423. The molecular formula is C18H33N3. The highest BCUT2D eigenvalue weighted by atomic mass is 15.2. The molecule has 1 rings (SSSR count). The van der Waals surface area contributed by atoms with Crippen molar-refractivity contribution in [2.45, 2.75) is 66.6 Å². The quantitative estimate of drug-likeness (QED) is 0.831. The minimum absolute atomic E-state index is 0.184. The maximum absolute atomic E-state index is 4.63. The van der Waals surface area contributed by atoms with Gasteiger partial charge >= 0.3 is 0 Å². The summed E-state index contributed by atoms with van der Waals surface area (Å²) >= 11 is 0. The summed E-state index contributed by atoms with van der Waals surface area (Å²) < 4.78 is 0. The van der Waals surface area contributed by atoms with Crippen molar-refractivity contribution in [3.63, 3.8) is 0 Å². The molecule has 0 aliphatic rings. The van der Waals surface area contributed by atoms with Gasteiger partial charge in [-0.1, -0.05) is 19.9 Å². The summed E-state index contributed by atoms with van der Waals surface area (Å²) in [5.41, 5.74) is 2.45. The summed E-state index contributed by atoms with van der Waals surface area (Å²) in [7, 11) is 0. The third-order valence-electron chi connectivity index (χ3n) is 4.07. The van der Waals surface area contributed by atoms with E-state index >= 15 is 0 Å². The third kappa shape index (κ3) is 6.58. The maximum atomic E-state index is 4.63. The molecule has 120 valence electrons. The van der Waals surface area contributed by atoms with Gasteiger partial charge in [0.1, 0.15) is 0 Å². The van der Waals surface area contributed by atoms with Crippen LogP contribution in [-0.4, -0.2) is 34.6 Å². The molecule has 1 aromatic heterocycles. The van der Waals surface area contributed by atoms with Gasteiger partial charge in [0, 0.05) is 23.8 Å². The van der Waals surface area contributed by atoms with E-state index < -0.39 is 0 Å². The molecule has 0 amide bonds. The number of hydrogen-bond acceptors (Lipinski definition) is 3. The Balaban J connectivity index is 2.62. The number of aryl methyl sites for hydroxylation is 1. The van der Waals surface area contributed by atoms with Gasteiger partial charge < -0.3 is 5.32 Å². The Labute approximate surface area is 131 Å². The van der Waals surface area contributed by atoms with E-state index in [2.05, 4.69) is 81.9 Å². The molecule has 1 heterocycles. The molecule has 0 aliphatic carbocycles. The van der Waals surface area contributed by atoms with E-state index in [1.54, 1.807) is 0 Å². The summed E-state index contributed by atoms with van der Waals surface area (Å²) in [5.74, 6) is 0.606. The number of pyridine rings is 1. The fourth-order valence-electron chi connectivity index (χ4n) is 2.44. The summed E-state index contributed by atoms with van der Waals surface area (Å²) in [4.78, 5) is 7.14. The lowest BCUT2D eigenvalue weighted by Gasteiger charge is -2.34. The van der Waals surface area contributed by atoms with Crippen molar-refractivity contribution in [2.75, 3.05) is 13.1 Å². The maximum Gasteiger partial charge on any atom is 0.0547 e. The lowest BCUT2D eigenvalue weighted by Crippen LogP contribution is -2.45. The van der Waals surface area contributed by atoms with Gasteiger partial charge in [0.2, 0.25) is 0 Å². The van der Waals surface area contributed by atoms with Crippen LogP contribution in [0, 0.1) is 12.8 Å². The molecule has 21 heavy (non-hydrogen) atoms. The first-order valence-corrected chi connectivity index (χ1v) is 8.14. The van der Waals surface area contributed by atoms with E-state index in [0.29, 0.717) is 12.0 Å². The zero-order valence-electron chi connectivity index (χ0n) is 14.9. The zero-order valence-corrected chi connectivity index (χ0v) is 14.9. The lowest BCUT2D eigenvalue weighted by atomic mass is 9.99. The van der Waals surface area contributed by atoms with Crippen LogP contribution >= 0.6 is 0 Å². The third-order valence-corrected chi connectivity index (χ3v) is 4.07. The smallest absolute Gasteiger partial charge is 0.0547 e. The van der Waals surface area contributed by atoms with E-state index in [0.717, 1.165) is 25.3 Å². The van der Waals surface area contributed by atoms with Crippen LogP contribution < -0.4 is 5.32 Å². The van der Waals surface area contributed by atoms with Gasteiger partial charge in [-0.3, -0.25) is 9.88 Å². The first-order valence-electron chi connectivity index (χ1n) is 8.14. The standard InChI is InChI=1S/C18H33N3/c1-8-21(13-17-11-9-10-15(3)20-17)16(4)14(2)12-19-18(5,6)7/h9-11,14,16,19H,8,12-13H2,1-7H3. The number of rotatable bonds is 7. The van der Waals surface area contributed by atoms with Crippen molar-refractivity contribution in [1.29, 1.82) is 0 Å². The molecule has 0 aliphatic heterocycles. The molecule has 0 spiro atoms. The van der Waals surface area contributed by atoms with E-state index in [9.17, 15) is 0 Å². The molecule has 0 aromatic carbocycles. The van der Waals surface area contributed by atoms with Crippen molar-refractivity contribution >= 4 is 0 Å². The van der Waals surface area contributed by atoms with Crippen molar-refractivity contribution in [2.24, 2.45) is 5.92 Å². The van der Waals surface area contributed by atoms with Crippen LogP contribution in [0.2, 0.25) is 0 Å². The largest absolute Gasteiger partial charge is 0.312 e. The van der Waals surface area contributed by atoms with Crippen molar-refractivity contribution in [1.82, 2.24) is 15.2 Å². The number of nitrogens with zero attached hydrogens (tertiary/aromatic N) is 2. The molecule has 1 N–H and O–H groups in total. The highest BCUT2D eigenvalue weighted by Crippen LogP contribution is 2.14. The Morgan fingerprint density at radius 3 is 2.43 bits per heavy atom. The van der Waals surface area contributed by atoms with E-state index in [1.165, 1.54) is 5.69 Å². The van der Waals surface area contributed by atoms with E-state index in [1.807, 2.05) is 0 Å². The summed E-state index contributed by atoms with van der Waals surface area (Å²) in [6.07, 6.45) is 0. The molecule has 0 bridgehead atoms. The van der Waals surface area contributed by atoms with Crippen LogP contribution in [0.4, 0.5) is 0 Å². The Hall–Kier alpha value is -0.930. The van der Waals surface area contributed by atoms with Crippen molar-refractivity contribution in [3.05, 3.63) is 29.6 Å². The monoisotopic (exact) mass is 291 g/mol. The molecule has 2 unspecified atom stereocenters. The molecule has 3 heteroatoms. The van der Waals surface area contributed by atoms with E-state index in [4.69, 9.17) is 0 Å². The molecule has 0 saturated carbocycles. The predicted octanol–water partition coefficient (Wildman–Crippen LogP) is 3.62. The highest BCUT2D eigenvalue weighted by molar-refractivity contribution is 5.10. The fourth-order valence-corrected chi connectivity index (χ4v) is 2.44. The van der Waals surface area contributed by atoms with Gasteiger partial charge in [-0.2, -0.15) is 0 Å². The predicted molar refractivity (Wildman–Crippen MR) is 91.4 cm³/mol. The molecular weight excluding hydrogens is 258 g/mol. The van der Waals surface area contributed by atoms with Gasteiger partial charge in [-0.25, -0.2) is 0 Å². The van der Waals surface area contributed by atoms with Gasteiger partial charge in [0.25, 0.3) is 0 Å². The fraction of sp³-hybridized carbons (Fsp3) is 0.722. The van der Waals surface area contributed by atoms with Gasteiger partial charge in [-0.15, -0.1) is 0 Å². The van der Waals surface area contributed by atoms with Crippen molar-refractivity contribution < 1.29 is 0 Å². The summed E-state index contributed by atoms with van der Waals surface area (Å²) in [6, 6.07) is 6.81. The van der Waals surface area contributed by atoms with Crippen LogP contribution in [0.25, 0.3) is 0 Å². The minimum atomic E-state index is 0.184. The Morgan fingerprint density at radius 2 is 1.90 bits per heavy atom. The zero-order chi connectivity index (χ0) is 16.0. The number of nitrogens with one attached hydrogen (secondary N) is 1. The number of hydrogen-bond donors (Lipinski definition) is 1. The molecule has 0 radical (unpaired) electrons. The van der Waals surface area contributed by atoms with Crippen LogP contribution in [0.15, 0.2) is 18.2 Å². The Morgan fingerprint density at radius 1 is 1.24 bits per heavy atom. The van der Waals surface area contributed by atoms with Crippen LogP contribution in [0.1, 0.15) is 52.9 Å². The normalized spacial score (nSPS) is 15.2. The average Bonchev–Trinajstić information content (AvgIpc) is 2.40. The number of aromatic nitrogens is 1. The molecule has 1 aromatic rings. The second-order valence-electron chi connectivity index (χ2n) is 7.18. The van der Waals surface area contributed by atoms with Crippen molar-refractivity contribution in [3.8, 4) is 0 Å². The van der Waals surface area contributed by atoms with Gasteiger partial charge in [0.05, 0.1) is 5.69 Å². The second kappa shape index (κ2) is 7.90. The van der Waals surface area contributed by atoms with Crippen LogP contribution in [0.3, 0.4) is 0 Å².